The van der Waals surface area contributed by atoms with E-state index < -0.39 is 0 Å². The fourth-order valence-corrected chi connectivity index (χ4v) is 5.17. The van der Waals surface area contributed by atoms with Crippen LogP contribution in [0.4, 0.5) is 0 Å². The van der Waals surface area contributed by atoms with Gasteiger partial charge in [-0.15, -0.1) is 0 Å². The first-order valence-electron chi connectivity index (χ1n) is 10.5. The molecule has 0 aromatic rings. The quantitative estimate of drug-likeness (QED) is 0.803. The van der Waals surface area contributed by atoms with Crippen LogP contribution < -0.4 is 0 Å². The normalized spacial score (nSPS) is 45.2. The molecule has 5 heteroatoms. The summed E-state index contributed by atoms with van der Waals surface area (Å²) in [5, 5.41) is 10.1. The van der Waals surface area contributed by atoms with Gasteiger partial charge in [0.15, 0.2) is 12.6 Å². The van der Waals surface area contributed by atoms with Crippen molar-refractivity contribution in [2.24, 2.45) is 16.7 Å². The van der Waals surface area contributed by atoms with Gasteiger partial charge in [-0.3, -0.25) is 0 Å². The van der Waals surface area contributed by atoms with Crippen molar-refractivity contribution in [2.75, 3.05) is 6.61 Å². The number of hydrogen-bond acceptors (Lipinski definition) is 5. The number of rotatable bonds is 5. The second-order valence-corrected chi connectivity index (χ2v) is 10.3. The topological polar surface area (TPSA) is 57.2 Å². The zero-order valence-corrected chi connectivity index (χ0v) is 17.0. The number of ether oxygens (including phenoxy) is 4. The lowest BCUT2D eigenvalue weighted by atomic mass is 9.91. The van der Waals surface area contributed by atoms with Crippen LogP contribution in [0.2, 0.25) is 0 Å². The molecule has 2 saturated heterocycles. The van der Waals surface area contributed by atoms with Gasteiger partial charge in [0.05, 0.1) is 30.5 Å². The fourth-order valence-electron chi connectivity index (χ4n) is 5.17. The van der Waals surface area contributed by atoms with E-state index in [4.69, 9.17) is 18.9 Å². The molecule has 2 heterocycles. The molecule has 7 atom stereocenters. The molecular weight excluding hydrogens is 332 g/mol. The highest BCUT2D eigenvalue weighted by molar-refractivity contribution is 5.19. The molecule has 0 amide bonds. The lowest BCUT2D eigenvalue weighted by molar-refractivity contribution is -0.262. The maximum absolute atomic E-state index is 10.1. The van der Waals surface area contributed by atoms with Crippen LogP contribution in [0.25, 0.3) is 0 Å². The highest BCUT2D eigenvalue weighted by Crippen LogP contribution is 2.66. The predicted octanol–water partition coefficient (Wildman–Crippen LogP) is 3.63. The molecule has 2 aliphatic carbocycles. The van der Waals surface area contributed by atoms with E-state index in [-0.39, 0.29) is 47.3 Å². The molecule has 0 radical (unpaired) electrons. The summed E-state index contributed by atoms with van der Waals surface area (Å²) in [6, 6.07) is 0. The summed E-state index contributed by atoms with van der Waals surface area (Å²) in [4.78, 5) is 0. The van der Waals surface area contributed by atoms with Crippen molar-refractivity contribution in [3.8, 4) is 0 Å². The number of fused-ring (bicyclic) bond motifs is 1. The van der Waals surface area contributed by atoms with Gasteiger partial charge < -0.3 is 24.1 Å². The van der Waals surface area contributed by atoms with Crippen molar-refractivity contribution in [3.05, 3.63) is 0 Å². The van der Waals surface area contributed by atoms with Crippen LogP contribution in [0, 0.1) is 16.7 Å². The molecule has 0 aromatic heterocycles. The van der Waals surface area contributed by atoms with Crippen LogP contribution in [0.3, 0.4) is 0 Å². The second kappa shape index (κ2) is 6.41. The van der Waals surface area contributed by atoms with Crippen LogP contribution >= 0.6 is 0 Å². The van der Waals surface area contributed by atoms with E-state index in [2.05, 4.69) is 27.7 Å². The largest absolute Gasteiger partial charge is 0.393 e. The van der Waals surface area contributed by atoms with Crippen LogP contribution in [0.15, 0.2) is 0 Å². The van der Waals surface area contributed by atoms with Crippen molar-refractivity contribution >= 4 is 0 Å². The molecule has 4 rings (SSSR count). The highest BCUT2D eigenvalue weighted by Gasteiger charge is 2.73. The van der Waals surface area contributed by atoms with Crippen LogP contribution in [-0.4, -0.2) is 48.2 Å². The van der Waals surface area contributed by atoms with Crippen LogP contribution in [0.1, 0.15) is 73.1 Å². The second-order valence-electron chi connectivity index (χ2n) is 10.3. The van der Waals surface area contributed by atoms with E-state index in [1.165, 1.54) is 0 Å². The van der Waals surface area contributed by atoms with Crippen molar-refractivity contribution in [3.63, 3.8) is 0 Å². The van der Waals surface area contributed by atoms with Gasteiger partial charge in [-0.25, -0.2) is 0 Å². The van der Waals surface area contributed by atoms with E-state index in [9.17, 15) is 5.11 Å². The van der Waals surface area contributed by atoms with Gasteiger partial charge >= 0.3 is 0 Å². The molecule has 4 fully saturated rings. The first kappa shape index (κ1) is 19.1. The van der Waals surface area contributed by atoms with Gasteiger partial charge in [-0.05, 0) is 32.6 Å². The van der Waals surface area contributed by atoms with E-state index in [1.54, 1.807) is 0 Å². The summed E-state index contributed by atoms with van der Waals surface area (Å²) in [6.45, 7) is 11.1. The number of aliphatic hydroxyl groups excluding tert-OH is 1. The highest BCUT2D eigenvalue weighted by atomic mass is 16.7. The molecule has 1 N–H and O–H groups in total. The predicted molar refractivity (Wildman–Crippen MR) is 97.5 cm³/mol. The smallest absolute Gasteiger partial charge is 0.162 e. The standard InChI is InChI=1S/C21H36O5/c1-6-7-15-24-14(11-20(26-15)8-9-20)16-17-21(16,10-13(2)22)12-23-18(25-17)19(3,4)5/h13-18,22H,6-12H2,1-5H3. The van der Waals surface area contributed by atoms with E-state index in [0.717, 1.165) is 32.1 Å². The Balaban J connectivity index is 1.52. The average Bonchev–Trinajstić information content (AvgIpc) is 3.40. The Bertz CT molecular complexity index is 523. The summed E-state index contributed by atoms with van der Waals surface area (Å²) >= 11 is 0. The summed E-state index contributed by atoms with van der Waals surface area (Å²) < 4.78 is 25.2. The maximum atomic E-state index is 10.1. The molecule has 0 bridgehead atoms. The summed E-state index contributed by atoms with van der Waals surface area (Å²) in [5.74, 6) is 0.296. The molecule has 2 saturated carbocycles. The van der Waals surface area contributed by atoms with Gasteiger partial charge in [-0.1, -0.05) is 34.1 Å². The number of hydrogen-bond donors (Lipinski definition) is 1. The molecular formula is C21H36O5. The van der Waals surface area contributed by atoms with Gasteiger partial charge in [0.2, 0.25) is 0 Å². The van der Waals surface area contributed by atoms with Crippen molar-refractivity contribution < 1.29 is 24.1 Å². The minimum atomic E-state index is -0.359. The Morgan fingerprint density at radius 1 is 1.19 bits per heavy atom. The van der Waals surface area contributed by atoms with E-state index in [0.29, 0.717) is 18.9 Å². The van der Waals surface area contributed by atoms with Crippen molar-refractivity contribution in [2.45, 2.75) is 110 Å². The van der Waals surface area contributed by atoms with E-state index >= 15 is 0 Å². The minimum absolute atomic E-state index is 0.0464. The van der Waals surface area contributed by atoms with Gasteiger partial charge in [0, 0.05) is 23.2 Å². The number of aliphatic hydroxyl groups is 1. The Morgan fingerprint density at radius 2 is 1.92 bits per heavy atom. The molecule has 150 valence electrons. The van der Waals surface area contributed by atoms with Gasteiger partial charge in [0.25, 0.3) is 0 Å². The third-order valence-electron chi connectivity index (χ3n) is 6.62. The first-order chi connectivity index (χ1) is 12.2. The van der Waals surface area contributed by atoms with Crippen LogP contribution in [0.5, 0.6) is 0 Å². The maximum Gasteiger partial charge on any atom is 0.162 e. The third kappa shape index (κ3) is 3.35. The lowest BCUT2D eigenvalue weighted by Gasteiger charge is -2.37. The molecule has 4 aliphatic rings. The fraction of sp³-hybridized carbons (Fsp3) is 1.00. The molecule has 0 aromatic carbocycles. The molecule has 7 unspecified atom stereocenters. The lowest BCUT2D eigenvalue weighted by Crippen LogP contribution is -2.42. The Morgan fingerprint density at radius 3 is 2.50 bits per heavy atom. The summed E-state index contributed by atoms with van der Waals surface area (Å²) in [5.41, 5.74) is -0.112. The van der Waals surface area contributed by atoms with Crippen LogP contribution in [-0.2, 0) is 18.9 Å². The summed E-state index contributed by atoms with van der Waals surface area (Å²) in [7, 11) is 0. The molecule has 2 aliphatic heterocycles. The SMILES string of the molecule is CCCC1OC(C2C3OC(C(C)(C)C)OCC32CC(C)O)CC2(CC2)O1. The molecule has 5 nitrogen and oxygen atoms in total. The Kier molecular flexibility index (Phi) is 4.72. The zero-order valence-electron chi connectivity index (χ0n) is 17.0. The molecule has 26 heavy (non-hydrogen) atoms. The molecule has 1 spiro atoms. The Hall–Kier alpha value is -0.200. The van der Waals surface area contributed by atoms with Gasteiger partial charge in [0.1, 0.15) is 0 Å². The minimum Gasteiger partial charge on any atom is -0.393 e. The van der Waals surface area contributed by atoms with E-state index in [1.807, 2.05) is 6.92 Å². The summed E-state index contributed by atoms with van der Waals surface area (Å²) in [6.07, 6.45) is 5.60. The average molecular weight is 369 g/mol. The zero-order chi connectivity index (χ0) is 18.7. The Labute approximate surface area is 157 Å². The third-order valence-corrected chi connectivity index (χ3v) is 6.62. The first-order valence-corrected chi connectivity index (χ1v) is 10.5. The van der Waals surface area contributed by atoms with Crippen molar-refractivity contribution in [1.29, 1.82) is 0 Å². The monoisotopic (exact) mass is 368 g/mol. The van der Waals surface area contributed by atoms with Crippen molar-refractivity contribution in [1.82, 2.24) is 0 Å². The van der Waals surface area contributed by atoms with Gasteiger partial charge in [-0.2, -0.15) is 0 Å².